The van der Waals surface area contributed by atoms with Crippen molar-refractivity contribution in [3.05, 3.63) is 107 Å². The maximum Gasteiger partial charge on any atom is 0.340 e. The molecule has 0 aliphatic heterocycles. The van der Waals surface area contributed by atoms with Gasteiger partial charge in [-0.2, -0.15) is 5.26 Å². The average Bonchev–Trinajstić information content (AvgIpc) is 3.22. The Morgan fingerprint density at radius 1 is 0.974 bits per heavy atom. The highest BCUT2D eigenvalue weighted by atomic mass is 16.5. The zero-order chi connectivity index (χ0) is 27.5. The summed E-state index contributed by atoms with van der Waals surface area (Å²) in [5.41, 5.74) is 7.02. The normalized spacial score (nSPS) is 10.7. The van der Waals surface area contributed by atoms with Crippen LogP contribution >= 0.6 is 0 Å². The third-order valence-corrected chi connectivity index (χ3v) is 6.52. The summed E-state index contributed by atoms with van der Waals surface area (Å²) < 4.78 is 13.6. The number of pyridine rings is 1. The van der Waals surface area contributed by atoms with Crippen LogP contribution in [-0.2, 0) is 4.74 Å². The first-order valence-electron chi connectivity index (χ1n) is 12.7. The van der Waals surface area contributed by atoms with Gasteiger partial charge in [-0.1, -0.05) is 35.4 Å². The summed E-state index contributed by atoms with van der Waals surface area (Å²) in [6.45, 7) is 8.01. The quantitative estimate of drug-likeness (QED) is 0.225. The fourth-order valence-corrected chi connectivity index (χ4v) is 4.58. The van der Waals surface area contributed by atoms with Crippen LogP contribution in [0.4, 0.5) is 11.4 Å². The lowest BCUT2D eigenvalue weighted by atomic mass is 10.1. The molecule has 3 aromatic carbocycles. The second kappa shape index (κ2) is 10.7. The molecule has 7 heteroatoms. The van der Waals surface area contributed by atoms with E-state index in [9.17, 15) is 10.1 Å². The number of ether oxygens (including phenoxy) is 2. The van der Waals surface area contributed by atoms with Gasteiger partial charge in [-0.05, 0) is 76.2 Å². The summed E-state index contributed by atoms with van der Waals surface area (Å²) in [4.78, 5) is 17.4. The first-order valence-corrected chi connectivity index (χ1v) is 12.7. The van der Waals surface area contributed by atoms with Crippen LogP contribution in [0.15, 0.2) is 79.0 Å². The highest BCUT2D eigenvalue weighted by Gasteiger charge is 2.23. The maximum absolute atomic E-state index is 13.0. The number of nitrogens with zero attached hydrogens (tertiary/aromatic N) is 3. The minimum atomic E-state index is -0.400. The van der Waals surface area contributed by atoms with E-state index >= 15 is 0 Å². The van der Waals surface area contributed by atoms with Crippen molar-refractivity contribution < 1.29 is 14.3 Å². The molecule has 2 heterocycles. The Hall–Kier alpha value is -5.09. The van der Waals surface area contributed by atoms with E-state index in [0.29, 0.717) is 22.4 Å². The number of nitrogens with one attached hydrogen (secondary N) is 1. The Morgan fingerprint density at radius 2 is 1.67 bits per heavy atom. The molecule has 0 aliphatic rings. The molecular weight excluding hydrogens is 488 g/mol. The second-order valence-corrected chi connectivity index (χ2v) is 9.27. The second-order valence-electron chi connectivity index (χ2n) is 9.27. The van der Waals surface area contributed by atoms with Crippen LogP contribution in [-0.4, -0.2) is 22.1 Å². The summed E-state index contributed by atoms with van der Waals surface area (Å²) in [6, 6.07) is 25.5. The van der Waals surface area contributed by atoms with E-state index in [1.165, 1.54) is 0 Å². The Kier molecular flexibility index (Phi) is 7.02. The fourth-order valence-electron chi connectivity index (χ4n) is 4.58. The minimum Gasteiger partial charge on any atom is -0.462 e. The number of carbonyl (C=O) groups is 1. The number of hydrogen-bond acceptors (Lipinski definition) is 6. The highest BCUT2D eigenvalue weighted by Crippen LogP contribution is 2.35. The Morgan fingerprint density at radius 3 is 2.33 bits per heavy atom. The van der Waals surface area contributed by atoms with Crippen molar-refractivity contribution in [3.63, 3.8) is 0 Å². The number of rotatable bonds is 7. The Bertz CT molecular complexity index is 1710. The van der Waals surface area contributed by atoms with E-state index in [-0.39, 0.29) is 18.1 Å². The lowest BCUT2D eigenvalue weighted by molar-refractivity contribution is 0.0527. The summed E-state index contributed by atoms with van der Waals surface area (Å²) in [5, 5.41) is 13.9. The standard InChI is InChI=1S/C32H28N4O3/c1-5-38-32(37)30-22(4)36(24-12-8-21(3)9-13-24)29-15-14-25(18-26(29)30)39-31-27(19-33)28(16-17-34-31)35-23-10-6-20(2)7-11-23/h6-18H,5H2,1-4H3,(H,34,35). The first kappa shape index (κ1) is 25.6. The molecule has 194 valence electrons. The third-order valence-electron chi connectivity index (χ3n) is 6.52. The van der Waals surface area contributed by atoms with E-state index in [1.54, 1.807) is 25.3 Å². The number of aryl methyl sites for hydroxylation is 2. The first-order chi connectivity index (χ1) is 18.9. The van der Waals surface area contributed by atoms with Gasteiger partial charge in [-0.25, -0.2) is 9.78 Å². The van der Waals surface area contributed by atoms with Gasteiger partial charge >= 0.3 is 5.97 Å². The van der Waals surface area contributed by atoms with Crippen molar-refractivity contribution >= 4 is 28.2 Å². The van der Waals surface area contributed by atoms with Crippen molar-refractivity contribution in [2.45, 2.75) is 27.7 Å². The lowest BCUT2D eigenvalue weighted by Crippen LogP contribution is -2.07. The number of esters is 1. The molecule has 0 aliphatic carbocycles. The molecule has 0 fully saturated rings. The van der Waals surface area contributed by atoms with Crippen LogP contribution in [0.25, 0.3) is 16.6 Å². The van der Waals surface area contributed by atoms with Gasteiger partial charge in [-0.15, -0.1) is 0 Å². The maximum atomic E-state index is 13.0. The van der Waals surface area contributed by atoms with Gasteiger partial charge in [0.25, 0.3) is 0 Å². The molecule has 7 nitrogen and oxygen atoms in total. The van der Waals surface area contributed by atoms with E-state index in [0.717, 1.165) is 33.7 Å². The van der Waals surface area contributed by atoms with Crippen molar-refractivity contribution in [1.29, 1.82) is 5.26 Å². The lowest BCUT2D eigenvalue weighted by Gasteiger charge is -2.12. The van der Waals surface area contributed by atoms with Crippen LogP contribution < -0.4 is 10.1 Å². The smallest absolute Gasteiger partial charge is 0.340 e. The number of carbonyl (C=O) groups excluding carboxylic acids is 1. The minimum absolute atomic E-state index is 0.168. The number of aromatic nitrogens is 2. The van der Waals surface area contributed by atoms with E-state index < -0.39 is 5.97 Å². The summed E-state index contributed by atoms with van der Waals surface area (Å²) in [7, 11) is 0. The van der Waals surface area contributed by atoms with Crippen LogP contribution in [0.1, 0.15) is 39.7 Å². The van der Waals surface area contributed by atoms with Crippen LogP contribution in [0.5, 0.6) is 11.6 Å². The predicted molar refractivity (Wildman–Crippen MR) is 152 cm³/mol. The van der Waals surface area contributed by atoms with Gasteiger partial charge in [0.2, 0.25) is 5.88 Å². The number of benzene rings is 3. The Balaban J connectivity index is 1.57. The number of fused-ring (bicyclic) bond motifs is 1. The molecular formula is C32H28N4O3. The van der Waals surface area contributed by atoms with Gasteiger partial charge in [-0.3, -0.25) is 0 Å². The highest BCUT2D eigenvalue weighted by molar-refractivity contribution is 6.07. The van der Waals surface area contributed by atoms with Crippen molar-refractivity contribution in [2.75, 3.05) is 11.9 Å². The molecule has 39 heavy (non-hydrogen) atoms. The molecule has 5 aromatic rings. The van der Waals surface area contributed by atoms with E-state index in [2.05, 4.69) is 16.4 Å². The average molecular weight is 517 g/mol. The van der Waals surface area contributed by atoms with Crippen LogP contribution in [0, 0.1) is 32.1 Å². The number of hydrogen-bond donors (Lipinski definition) is 1. The SMILES string of the molecule is CCOC(=O)c1c(C)n(-c2ccc(C)cc2)c2ccc(Oc3nccc(Nc4ccc(C)cc4)c3C#N)cc12. The van der Waals surface area contributed by atoms with Crippen LogP contribution in [0.2, 0.25) is 0 Å². The van der Waals surface area contributed by atoms with Gasteiger partial charge in [0, 0.05) is 28.7 Å². The molecule has 0 amide bonds. The topological polar surface area (TPSA) is 89.2 Å². The van der Waals surface area contributed by atoms with Crippen molar-refractivity contribution in [2.24, 2.45) is 0 Å². The molecule has 0 saturated carbocycles. The summed E-state index contributed by atoms with van der Waals surface area (Å²) >= 11 is 0. The molecule has 2 aromatic heterocycles. The third kappa shape index (κ3) is 5.05. The summed E-state index contributed by atoms with van der Waals surface area (Å²) in [5.74, 6) is 0.218. The predicted octanol–water partition coefficient (Wildman–Crippen LogP) is 7.54. The molecule has 0 spiro atoms. The van der Waals surface area contributed by atoms with Crippen molar-refractivity contribution in [3.8, 4) is 23.4 Å². The van der Waals surface area contributed by atoms with Gasteiger partial charge in [0.15, 0.2) is 0 Å². The molecule has 0 saturated heterocycles. The largest absolute Gasteiger partial charge is 0.462 e. The Labute approximate surface area is 227 Å². The van der Waals surface area contributed by atoms with E-state index in [1.807, 2.05) is 86.0 Å². The zero-order valence-corrected chi connectivity index (χ0v) is 22.3. The van der Waals surface area contributed by atoms with Gasteiger partial charge < -0.3 is 19.4 Å². The van der Waals surface area contributed by atoms with Crippen LogP contribution in [0.3, 0.4) is 0 Å². The monoisotopic (exact) mass is 516 g/mol. The molecule has 0 bridgehead atoms. The molecule has 1 N–H and O–H groups in total. The summed E-state index contributed by atoms with van der Waals surface area (Å²) in [6.07, 6.45) is 1.59. The molecule has 5 rings (SSSR count). The molecule has 0 unspecified atom stereocenters. The number of nitriles is 1. The molecule has 0 atom stereocenters. The fraction of sp³-hybridized carbons (Fsp3) is 0.156. The van der Waals surface area contributed by atoms with Gasteiger partial charge in [0.1, 0.15) is 17.4 Å². The van der Waals surface area contributed by atoms with Gasteiger partial charge in [0.05, 0.1) is 23.4 Å². The number of anilines is 2. The zero-order valence-electron chi connectivity index (χ0n) is 22.3. The van der Waals surface area contributed by atoms with Crippen molar-refractivity contribution in [1.82, 2.24) is 9.55 Å². The molecule has 0 radical (unpaired) electrons. The van der Waals surface area contributed by atoms with E-state index in [4.69, 9.17) is 9.47 Å².